The summed E-state index contributed by atoms with van der Waals surface area (Å²) in [5, 5.41) is 8.63. The molecule has 0 fully saturated rings. The first-order valence-electron chi connectivity index (χ1n) is 4.78. The lowest BCUT2D eigenvalue weighted by molar-refractivity contribution is 0.573. The molecular weight excluding hydrogens is 288 g/mol. The predicted molar refractivity (Wildman–Crippen MR) is 64.2 cm³/mol. The van der Waals surface area contributed by atoms with E-state index < -0.39 is 17.2 Å². The second-order valence-corrected chi connectivity index (χ2v) is 4.18. The van der Waals surface area contributed by atoms with Gasteiger partial charge in [0.25, 0.3) is 0 Å². The zero-order valence-electron chi connectivity index (χ0n) is 8.55. The maximum absolute atomic E-state index is 13.7. The number of hydrogen-bond acceptors (Lipinski definition) is 1. The van der Waals surface area contributed by atoms with Gasteiger partial charge in [0, 0.05) is 5.56 Å². The lowest BCUT2D eigenvalue weighted by Crippen LogP contribution is -1.94. The topological polar surface area (TPSA) is 23.8 Å². The van der Waals surface area contributed by atoms with Crippen molar-refractivity contribution in [2.45, 2.75) is 0 Å². The SMILES string of the molecule is N#Cc1c(F)cc(-c2ccccc2)c(Br)c1F. The molecular formula is C13H6BrF2N. The zero-order valence-corrected chi connectivity index (χ0v) is 10.1. The molecule has 0 unspecified atom stereocenters. The summed E-state index contributed by atoms with van der Waals surface area (Å²) in [7, 11) is 0. The maximum atomic E-state index is 13.7. The van der Waals surface area contributed by atoms with Crippen molar-refractivity contribution in [2.75, 3.05) is 0 Å². The highest BCUT2D eigenvalue weighted by molar-refractivity contribution is 9.10. The van der Waals surface area contributed by atoms with Crippen LogP contribution < -0.4 is 0 Å². The molecule has 84 valence electrons. The molecule has 2 rings (SSSR count). The summed E-state index contributed by atoms with van der Waals surface area (Å²) in [5.74, 6) is -1.72. The number of halogens is 3. The normalized spacial score (nSPS) is 10.0. The van der Waals surface area contributed by atoms with Gasteiger partial charge in [0.2, 0.25) is 0 Å². The first-order chi connectivity index (χ1) is 8.15. The molecule has 4 heteroatoms. The smallest absolute Gasteiger partial charge is 0.158 e. The molecule has 0 aliphatic heterocycles. The molecule has 0 amide bonds. The highest BCUT2D eigenvalue weighted by atomic mass is 79.9. The van der Waals surface area contributed by atoms with Crippen LogP contribution >= 0.6 is 15.9 Å². The van der Waals surface area contributed by atoms with Crippen LogP contribution in [-0.4, -0.2) is 0 Å². The standard InChI is InChI=1S/C13H6BrF2N/c14-12-9(8-4-2-1-3-5-8)6-11(15)10(7-17)13(12)16/h1-6H. The Labute approximate surface area is 105 Å². The van der Waals surface area contributed by atoms with Crippen LogP contribution in [0.15, 0.2) is 40.9 Å². The van der Waals surface area contributed by atoms with E-state index in [-0.39, 0.29) is 4.47 Å². The number of nitrogens with zero attached hydrogens (tertiary/aromatic N) is 1. The van der Waals surface area contributed by atoms with Gasteiger partial charge in [-0.3, -0.25) is 0 Å². The minimum absolute atomic E-state index is 0.0988. The van der Waals surface area contributed by atoms with Crippen molar-refractivity contribution in [1.82, 2.24) is 0 Å². The molecule has 0 bridgehead atoms. The summed E-state index contributed by atoms with van der Waals surface area (Å²) in [4.78, 5) is 0. The molecule has 0 heterocycles. The molecule has 2 aromatic carbocycles. The molecule has 0 aliphatic rings. The van der Waals surface area contributed by atoms with Gasteiger partial charge in [-0.2, -0.15) is 5.26 Å². The van der Waals surface area contributed by atoms with E-state index in [1.165, 1.54) is 6.07 Å². The van der Waals surface area contributed by atoms with Crippen LogP contribution in [0.2, 0.25) is 0 Å². The summed E-state index contributed by atoms with van der Waals surface area (Å²) in [6.07, 6.45) is 0. The zero-order chi connectivity index (χ0) is 12.4. The Kier molecular flexibility index (Phi) is 3.21. The average molecular weight is 294 g/mol. The van der Waals surface area contributed by atoms with Gasteiger partial charge < -0.3 is 0 Å². The Morgan fingerprint density at radius 1 is 1.12 bits per heavy atom. The number of hydrogen-bond donors (Lipinski definition) is 0. The first kappa shape index (κ1) is 11.7. The van der Waals surface area contributed by atoms with Crippen molar-refractivity contribution < 1.29 is 8.78 Å². The molecule has 0 atom stereocenters. The molecule has 0 saturated carbocycles. The van der Waals surface area contributed by atoms with Gasteiger partial charge in [-0.15, -0.1) is 0 Å². The summed E-state index contributed by atoms with van der Waals surface area (Å²) < 4.78 is 27.3. The fourth-order valence-corrected chi connectivity index (χ4v) is 2.07. The Balaban J connectivity index is 2.71. The minimum atomic E-state index is -0.869. The number of benzene rings is 2. The molecule has 17 heavy (non-hydrogen) atoms. The highest BCUT2D eigenvalue weighted by Gasteiger charge is 2.17. The van der Waals surface area contributed by atoms with E-state index in [0.29, 0.717) is 11.1 Å². The van der Waals surface area contributed by atoms with Crippen LogP contribution in [0.1, 0.15) is 5.56 Å². The summed E-state index contributed by atoms with van der Waals surface area (Å²) in [5.41, 5.74) is 0.498. The van der Waals surface area contributed by atoms with E-state index in [4.69, 9.17) is 5.26 Å². The maximum Gasteiger partial charge on any atom is 0.158 e. The van der Waals surface area contributed by atoms with Gasteiger partial charge in [-0.1, -0.05) is 30.3 Å². The van der Waals surface area contributed by atoms with E-state index in [1.807, 2.05) is 6.07 Å². The molecule has 0 spiro atoms. The first-order valence-corrected chi connectivity index (χ1v) is 5.57. The van der Waals surface area contributed by atoms with Gasteiger partial charge in [0.1, 0.15) is 17.4 Å². The van der Waals surface area contributed by atoms with Crippen molar-refractivity contribution in [3.63, 3.8) is 0 Å². The third-order valence-corrected chi connectivity index (χ3v) is 3.13. The second kappa shape index (κ2) is 4.64. The van der Waals surface area contributed by atoms with Crippen LogP contribution in [0.25, 0.3) is 11.1 Å². The molecule has 0 aliphatic carbocycles. The minimum Gasteiger partial charge on any atom is -0.205 e. The molecule has 1 nitrogen and oxygen atoms in total. The highest BCUT2D eigenvalue weighted by Crippen LogP contribution is 2.33. The monoisotopic (exact) mass is 293 g/mol. The molecule has 0 saturated heterocycles. The summed E-state index contributed by atoms with van der Waals surface area (Å²) >= 11 is 3.05. The Morgan fingerprint density at radius 2 is 1.76 bits per heavy atom. The van der Waals surface area contributed by atoms with E-state index in [1.54, 1.807) is 24.3 Å². The molecule has 0 N–H and O–H groups in total. The van der Waals surface area contributed by atoms with E-state index in [2.05, 4.69) is 15.9 Å². The van der Waals surface area contributed by atoms with Crippen LogP contribution in [0.3, 0.4) is 0 Å². The number of nitriles is 1. The third kappa shape index (κ3) is 2.06. The largest absolute Gasteiger partial charge is 0.205 e. The van der Waals surface area contributed by atoms with Crippen LogP contribution in [0.4, 0.5) is 8.78 Å². The van der Waals surface area contributed by atoms with Crippen molar-refractivity contribution in [1.29, 1.82) is 5.26 Å². The van der Waals surface area contributed by atoms with Crippen molar-refractivity contribution in [3.05, 3.63) is 58.1 Å². The van der Waals surface area contributed by atoms with Crippen molar-refractivity contribution >= 4 is 15.9 Å². The van der Waals surface area contributed by atoms with Crippen LogP contribution in [0.5, 0.6) is 0 Å². The fraction of sp³-hybridized carbons (Fsp3) is 0. The summed E-state index contributed by atoms with van der Waals surface area (Å²) in [6, 6.07) is 11.5. The molecule has 0 aromatic heterocycles. The Bertz CT molecular complexity index is 603. The molecule has 2 aromatic rings. The summed E-state index contributed by atoms with van der Waals surface area (Å²) in [6.45, 7) is 0. The lowest BCUT2D eigenvalue weighted by Gasteiger charge is -2.07. The van der Waals surface area contributed by atoms with Gasteiger partial charge in [-0.05, 0) is 27.6 Å². The fourth-order valence-electron chi connectivity index (χ4n) is 1.53. The van der Waals surface area contributed by atoms with E-state index >= 15 is 0 Å². The van der Waals surface area contributed by atoms with Gasteiger partial charge in [0.15, 0.2) is 5.82 Å². The Hall–Kier alpha value is -1.73. The molecule has 0 radical (unpaired) electrons. The lowest BCUT2D eigenvalue weighted by atomic mass is 10.0. The van der Waals surface area contributed by atoms with Crippen LogP contribution in [-0.2, 0) is 0 Å². The van der Waals surface area contributed by atoms with Crippen molar-refractivity contribution in [2.24, 2.45) is 0 Å². The second-order valence-electron chi connectivity index (χ2n) is 3.39. The van der Waals surface area contributed by atoms with E-state index in [0.717, 1.165) is 6.07 Å². The van der Waals surface area contributed by atoms with Crippen LogP contribution in [0, 0.1) is 23.0 Å². The predicted octanol–water partition coefficient (Wildman–Crippen LogP) is 4.27. The Morgan fingerprint density at radius 3 is 2.35 bits per heavy atom. The third-order valence-electron chi connectivity index (χ3n) is 2.36. The van der Waals surface area contributed by atoms with Gasteiger partial charge in [-0.25, -0.2) is 8.78 Å². The quantitative estimate of drug-likeness (QED) is 0.721. The van der Waals surface area contributed by atoms with Crippen molar-refractivity contribution in [3.8, 4) is 17.2 Å². The average Bonchev–Trinajstić information content (AvgIpc) is 2.35. The van der Waals surface area contributed by atoms with E-state index in [9.17, 15) is 8.78 Å². The van der Waals surface area contributed by atoms with Gasteiger partial charge in [0.05, 0.1) is 4.47 Å². The number of rotatable bonds is 1. The van der Waals surface area contributed by atoms with Gasteiger partial charge >= 0.3 is 0 Å².